The molecule has 0 aliphatic carbocycles. The Morgan fingerprint density at radius 2 is 2.43 bits per heavy atom. The highest BCUT2D eigenvalue weighted by Gasteiger charge is 2.17. The van der Waals surface area contributed by atoms with Gasteiger partial charge in [-0.1, -0.05) is 6.42 Å². The summed E-state index contributed by atoms with van der Waals surface area (Å²) in [4.78, 5) is 4.08. The molecule has 0 bridgehead atoms. The molecule has 2 heterocycles. The molecule has 1 aliphatic heterocycles. The molecule has 1 saturated heterocycles. The highest BCUT2D eigenvalue weighted by Crippen LogP contribution is 2.24. The van der Waals surface area contributed by atoms with Crippen molar-refractivity contribution in [2.45, 2.75) is 25.3 Å². The van der Waals surface area contributed by atoms with E-state index in [9.17, 15) is 0 Å². The molecule has 0 aromatic carbocycles. The van der Waals surface area contributed by atoms with Crippen LogP contribution in [0, 0.1) is 11.3 Å². The minimum atomic E-state index is 0.326. The van der Waals surface area contributed by atoms with Crippen molar-refractivity contribution >= 4 is 0 Å². The summed E-state index contributed by atoms with van der Waals surface area (Å²) in [6, 6.07) is 4.32. The van der Waals surface area contributed by atoms with Crippen LogP contribution in [0.25, 0.3) is 0 Å². The van der Waals surface area contributed by atoms with Gasteiger partial charge in [-0.25, -0.2) is 0 Å². The topological polar surface area (TPSA) is 48.7 Å². The second kappa shape index (κ2) is 4.21. The number of hydrogen-bond donors (Lipinski definition) is 1. The number of nitriles is 1. The van der Waals surface area contributed by atoms with E-state index in [2.05, 4.69) is 16.4 Å². The maximum absolute atomic E-state index is 8.94. The van der Waals surface area contributed by atoms with Crippen LogP contribution in [0.2, 0.25) is 0 Å². The third-order valence-electron chi connectivity index (χ3n) is 2.66. The van der Waals surface area contributed by atoms with Gasteiger partial charge in [-0.05, 0) is 25.5 Å². The van der Waals surface area contributed by atoms with Crippen LogP contribution in [-0.2, 0) is 0 Å². The zero-order valence-electron chi connectivity index (χ0n) is 8.03. The molecule has 3 nitrogen and oxygen atoms in total. The van der Waals surface area contributed by atoms with E-state index in [1.807, 2.05) is 6.20 Å². The quantitative estimate of drug-likeness (QED) is 0.728. The van der Waals surface area contributed by atoms with Crippen molar-refractivity contribution in [2.75, 3.05) is 6.54 Å². The van der Waals surface area contributed by atoms with Crippen molar-refractivity contribution in [3.63, 3.8) is 0 Å². The summed E-state index contributed by atoms with van der Waals surface area (Å²) in [6.07, 6.45) is 7.06. The average molecular weight is 187 g/mol. The van der Waals surface area contributed by atoms with Crippen molar-refractivity contribution in [2.24, 2.45) is 0 Å². The lowest BCUT2D eigenvalue weighted by atomic mass is 9.96. The van der Waals surface area contributed by atoms with Crippen molar-refractivity contribution in [1.82, 2.24) is 10.3 Å². The van der Waals surface area contributed by atoms with Crippen LogP contribution >= 0.6 is 0 Å². The Labute approximate surface area is 83.8 Å². The first kappa shape index (κ1) is 9.17. The van der Waals surface area contributed by atoms with Crippen LogP contribution in [0.3, 0.4) is 0 Å². The molecule has 0 spiro atoms. The molecule has 72 valence electrons. The Kier molecular flexibility index (Phi) is 2.76. The highest BCUT2D eigenvalue weighted by molar-refractivity contribution is 5.37. The van der Waals surface area contributed by atoms with E-state index in [0.717, 1.165) is 24.1 Å². The molecular formula is C11H13N3. The second-order valence-corrected chi connectivity index (χ2v) is 3.58. The summed E-state index contributed by atoms with van der Waals surface area (Å²) in [5.74, 6) is 0. The molecule has 0 amide bonds. The summed E-state index contributed by atoms with van der Waals surface area (Å²) in [6.45, 7) is 1.05. The van der Waals surface area contributed by atoms with E-state index in [1.54, 1.807) is 12.3 Å². The smallest absolute Gasteiger partial charge is 0.0996 e. The van der Waals surface area contributed by atoms with Crippen LogP contribution in [-0.4, -0.2) is 11.5 Å². The van der Waals surface area contributed by atoms with E-state index in [-0.39, 0.29) is 0 Å². The molecule has 3 heteroatoms. The minimum absolute atomic E-state index is 0.326. The Hall–Kier alpha value is -1.40. The third-order valence-corrected chi connectivity index (χ3v) is 2.66. The van der Waals surface area contributed by atoms with Gasteiger partial charge in [0, 0.05) is 24.0 Å². The number of nitrogens with one attached hydrogen (secondary N) is 1. The highest BCUT2D eigenvalue weighted by atomic mass is 14.9. The largest absolute Gasteiger partial charge is 0.310 e. The van der Waals surface area contributed by atoms with E-state index in [1.165, 1.54) is 12.8 Å². The van der Waals surface area contributed by atoms with Crippen LogP contribution in [0.1, 0.15) is 36.4 Å². The van der Waals surface area contributed by atoms with Gasteiger partial charge in [0.25, 0.3) is 0 Å². The van der Waals surface area contributed by atoms with Crippen molar-refractivity contribution in [3.8, 4) is 6.07 Å². The maximum atomic E-state index is 8.94. The molecule has 1 unspecified atom stereocenters. The summed E-state index contributed by atoms with van der Waals surface area (Å²) >= 11 is 0. The summed E-state index contributed by atoms with van der Waals surface area (Å²) in [5, 5.41) is 12.4. The predicted octanol–water partition coefficient (Wildman–Crippen LogP) is 1.77. The normalized spacial score (nSPS) is 21.5. The van der Waals surface area contributed by atoms with Gasteiger partial charge in [-0.2, -0.15) is 5.26 Å². The molecule has 0 saturated carbocycles. The fourth-order valence-corrected chi connectivity index (χ4v) is 1.90. The van der Waals surface area contributed by atoms with E-state index in [0.29, 0.717) is 6.04 Å². The van der Waals surface area contributed by atoms with Crippen molar-refractivity contribution in [3.05, 3.63) is 29.6 Å². The zero-order chi connectivity index (χ0) is 9.80. The van der Waals surface area contributed by atoms with Gasteiger partial charge in [0.15, 0.2) is 0 Å². The first-order valence-electron chi connectivity index (χ1n) is 4.99. The van der Waals surface area contributed by atoms with Gasteiger partial charge in [-0.15, -0.1) is 0 Å². The molecule has 1 N–H and O–H groups in total. The summed E-state index contributed by atoms with van der Waals surface area (Å²) < 4.78 is 0. The van der Waals surface area contributed by atoms with Gasteiger partial charge in [0.05, 0.1) is 11.6 Å². The summed E-state index contributed by atoms with van der Waals surface area (Å²) in [5.41, 5.74) is 1.80. The number of nitrogens with zero attached hydrogens (tertiary/aromatic N) is 2. The van der Waals surface area contributed by atoms with Crippen LogP contribution in [0.5, 0.6) is 0 Å². The molecule has 1 atom stereocenters. The number of piperidine rings is 1. The molecule has 14 heavy (non-hydrogen) atoms. The Morgan fingerprint density at radius 3 is 3.14 bits per heavy atom. The fraction of sp³-hybridized carbons (Fsp3) is 0.455. The lowest BCUT2D eigenvalue weighted by Gasteiger charge is -2.24. The van der Waals surface area contributed by atoms with Gasteiger partial charge in [-0.3, -0.25) is 4.98 Å². The molecule has 1 fully saturated rings. The van der Waals surface area contributed by atoms with Gasteiger partial charge in [0.1, 0.15) is 0 Å². The van der Waals surface area contributed by atoms with Crippen LogP contribution < -0.4 is 5.32 Å². The number of rotatable bonds is 1. The monoisotopic (exact) mass is 187 g/mol. The van der Waals surface area contributed by atoms with Crippen LogP contribution in [0.4, 0.5) is 0 Å². The van der Waals surface area contributed by atoms with Crippen LogP contribution in [0.15, 0.2) is 18.5 Å². The average Bonchev–Trinajstić information content (AvgIpc) is 2.30. The zero-order valence-corrected chi connectivity index (χ0v) is 8.03. The maximum Gasteiger partial charge on any atom is 0.0996 e. The van der Waals surface area contributed by atoms with Gasteiger partial charge >= 0.3 is 0 Å². The number of pyridine rings is 1. The molecule has 1 aromatic heterocycles. The third kappa shape index (κ3) is 1.75. The first-order valence-corrected chi connectivity index (χ1v) is 4.99. The molecule has 2 rings (SSSR count). The lowest BCUT2D eigenvalue weighted by molar-refractivity contribution is 0.411. The summed E-state index contributed by atoms with van der Waals surface area (Å²) in [7, 11) is 0. The molecule has 1 aromatic rings. The second-order valence-electron chi connectivity index (χ2n) is 3.58. The van der Waals surface area contributed by atoms with E-state index < -0.39 is 0 Å². The predicted molar refractivity (Wildman–Crippen MR) is 53.5 cm³/mol. The SMILES string of the molecule is N#Cc1ccncc1C1CCCCN1. The number of hydrogen-bond acceptors (Lipinski definition) is 3. The van der Waals surface area contributed by atoms with Gasteiger partial charge < -0.3 is 5.32 Å². The lowest BCUT2D eigenvalue weighted by Crippen LogP contribution is -2.27. The first-order chi connectivity index (χ1) is 6.92. The molecule has 0 radical (unpaired) electrons. The van der Waals surface area contributed by atoms with Crippen molar-refractivity contribution in [1.29, 1.82) is 5.26 Å². The van der Waals surface area contributed by atoms with E-state index in [4.69, 9.17) is 5.26 Å². The Morgan fingerprint density at radius 1 is 1.50 bits per heavy atom. The Balaban J connectivity index is 2.26. The standard InChI is InChI=1S/C11H13N3/c12-7-9-4-6-13-8-10(9)11-3-1-2-5-14-11/h4,6,8,11,14H,1-3,5H2. The minimum Gasteiger partial charge on any atom is -0.310 e. The molecule has 1 aliphatic rings. The fourth-order valence-electron chi connectivity index (χ4n) is 1.90. The van der Waals surface area contributed by atoms with Gasteiger partial charge in [0.2, 0.25) is 0 Å². The number of aromatic nitrogens is 1. The molecular weight excluding hydrogens is 174 g/mol. The van der Waals surface area contributed by atoms with E-state index >= 15 is 0 Å². The Bertz CT molecular complexity index is 348. The van der Waals surface area contributed by atoms with Crippen molar-refractivity contribution < 1.29 is 0 Å².